The fourth-order valence-electron chi connectivity index (χ4n) is 5.67. The minimum atomic E-state index is 0.267. The number of rotatable bonds is 6. The van der Waals surface area contributed by atoms with Crippen molar-refractivity contribution in [2.24, 2.45) is 11.8 Å². The van der Waals surface area contributed by atoms with Gasteiger partial charge in [0.05, 0.1) is 0 Å². The first-order chi connectivity index (χ1) is 17.0. The van der Waals surface area contributed by atoms with Crippen LogP contribution in [0.4, 0.5) is 17.5 Å². The summed E-state index contributed by atoms with van der Waals surface area (Å²) in [7, 11) is 2.17. The smallest absolute Gasteiger partial charge is 0.225 e. The minimum Gasteiger partial charge on any atom is -0.354 e. The average Bonchev–Trinajstić information content (AvgIpc) is 3.29. The number of piperazine rings is 1. The molecule has 2 aliphatic heterocycles. The largest absolute Gasteiger partial charge is 0.354 e. The van der Waals surface area contributed by atoms with E-state index in [4.69, 9.17) is 9.97 Å². The normalized spacial score (nSPS) is 20.9. The summed E-state index contributed by atoms with van der Waals surface area (Å²) in [4.78, 5) is 29.7. The summed E-state index contributed by atoms with van der Waals surface area (Å²) in [6.07, 6.45) is 8.78. The fourth-order valence-corrected chi connectivity index (χ4v) is 5.67. The third-order valence-corrected chi connectivity index (χ3v) is 7.90. The Labute approximate surface area is 208 Å². The molecule has 9 nitrogen and oxygen atoms in total. The van der Waals surface area contributed by atoms with Gasteiger partial charge >= 0.3 is 0 Å². The van der Waals surface area contributed by atoms with Crippen LogP contribution >= 0.6 is 0 Å². The highest BCUT2D eigenvalue weighted by Gasteiger charge is 2.29. The molecule has 0 radical (unpaired) electrons. The van der Waals surface area contributed by atoms with Crippen molar-refractivity contribution in [2.75, 3.05) is 56.5 Å². The quantitative estimate of drug-likeness (QED) is 0.655. The molecule has 0 unspecified atom stereocenters. The molecule has 2 aromatic heterocycles. The van der Waals surface area contributed by atoms with Crippen molar-refractivity contribution in [1.29, 1.82) is 0 Å². The van der Waals surface area contributed by atoms with Crippen molar-refractivity contribution >= 4 is 23.4 Å². The molecular weight excluding hydrogens is 440 g/mol. The predicted octanol–water partition coefficient (Wildman–Crippen LogP) is 3.36. The van der Waals surface area contributed by atoms with E-state index in [9.17, 15) is 4.79 Å². The number of carbonyl (C=O) groups is 1. The Hall–Kier alpha value is -2.68. The van der Waals surface area contributed by atoms with E-state index in [-0.39, 0.29) is 5.92 Å². The van der Waals surface area contributed by atoms with Crippen LogP contribution in [0.2, 0.25) is 0 Å². The zero-order valence-corrected chi connectivity index (χ0v) is 21.3. The van der Waals surface area contributed by atoms with Gasteiger partial charge in [-0.15, -0.1) is 0 Å². The lowest BCUT2D eigenvalue weighted by Gasteiger charge is -2.35. The minimum absolute atomic E-state index is 0.267. The van der Waals surface area contributed by atoms with Crippen LogP contribution < -0.4 is 10.2 Å². The van der Waals surface area contributed by atoms with Crippen molar-refractivity contribution in [2.45, 2.75) is 58.3 Å². The molecule has 190 valence electrons. The second kappa shape index (κ2) is 10.9. The Morgan fingerprint density at radius 1 is 0.971 bits per heavy atom. The lowest BCUT2D eigenvalue weighted by Crippen LogP contribution is -2.45. The Morgan fingerprint density at radius 3 is 2.40 bits per heavy atom. The van der Waals surface area contributed by atoms with Crippen LogP contribution in [0.3, 0.4) is 0 Å². The summed E-state index contributed by atoms with van der Waals surface area (Å²) in [5.41, 5.74) is 1.01. The van der Waals surface area contributed by atoms with Gasteiger partial charge in [0.1, 0.15) is 17.5 Å². The van der Waals surface area contributed by atoms with Gasteiger partial charge in [0.15, 0.2) is 5.82 Å². The molecular formula is C26H40N8O. The number of anilines is 3. The predicted molar refractivity (Wildman–Crippen MR) is 138 cm³/mol. The SMILES string of the molecule is Cc1cc(Nc2cc(N3CCN(C)CC3)nc(CC3CCN(C(=O)C4CCCCC4)CC3)n2)n[nH]1. The van der Waals surface area contributed by atoms with Crippen molar-refractivity contribution in [3.8, 4) is 0 Å². The topological polar surface area (TPSA) is 93.3 Å². The Kier molecular flexibility index (Phi) is 7.51. The monoisotopic (exact) mass is 480 g/mol. The van der Waals surface area contributed by atoms with E-state index in [0.29, 0.717) is 11.8 Å². The molecule has 1 aliphatic carbocycles. The molecule has 3 aliphatic rings. The van der Waals surface area contributed by atoms with Gasteiger partial charge in [-0.25, -0.2) is 9.97 Å². The standard InChI is InChI=1S/C26H40N8O/c1-19-16-24(31-30-19)28-23-18-25(33-14-12-32(2)13-15-33)29-22(27-23)17-20-8-10-34(11-9-20)26(35)21-6-4-3-5-7-21/h16,18,20-21H,3-15,17H2,1-2H3,(H2,27,28,29,30,31). The van der Waals surface area contributed by atoms with Crippen molar-refractivity contribution in [3.05, 3.63) is 23.7 Å². The zero-order valence-electron chi connectivity index (χ0n) is 21.3. The number of nitrogens with zero attached hydrogens (tertiary/aromatic N) is 6. The third kappa shape index (κ3) is 6.12. The molecule has 0 spiro atoms. The molecule has 1 saturated carbocycles. The number of hydrogen-bond donors (Lipinski definition) is 2. The van der Waals surface area contributed by atoms with Gasteiger partial charge in [0, 0.05) is 69.4 Å². The number of hydrogen-bond acceptors (Lipinski definition) is 7. The number of carbonyl (C=O) groups excluding carboxylic acids is 1. The Morgan fingerprint density at radius 2 is 1.71 bits per heavy atom. The van der Waals surface area contributed by atoms with E-state index in [1.807, 2.05) is 19.1 Å². The number of likely N-dealkylation sites (tertiary alicyclic amines) is 1. The maximum absolute atomic E-state index is 13.0. The first kappa shape index (κ1) is 24.0. The molecule has 2 N–H and O–H groups in total. The van der Waals surface area contributed by atoms with Gasteiger partial charge in [0.2, 0.25) is 5.91 Å². The van der Waals surface area contributed by atoms with Gasteiger partial charge in [-0.2, -0.15) is 5.10 Å². The van der Waals surface area contributed by atoms with Gasteiger partial charge in [-0.1, -0.05) is 19.3 Å². The highest BCUT2D eigenvalue weighted by Crippen LogP contribution is 2.29. The average molecular weight is 481 g/mol. The summed E-state index contributed by atoms with van der Waals surface area (Å²) < 4.78 is 0. The number of H-pyrrole nitrogens is 1. The highest BCUT2D eigenvalue weighted by molar-refractivity contribution is 5.79. The maximum atomic E-state index is 13.0. The molecule has 5 rings (SSSR count). The second-order valence-electron chi connectivity index (χ2n) is 10.7. The summed E-state index contributed by atoms with van der Waals surface area (Å²) in [5, 5.41) is 10.7. The van der Waals surface area contributed by atoms with Gasteiger partial charge in [0.25, 0.3) is 0 Å². The molecule has 0 atom stereocenters. The Bertz CT molecular complexity index is 985. The summed E-state index contributed by atoms with van der Waals surface area (Å²) in [6.45, 7) is 7.74. The van der Waals surface area contributed by atoms with Crippen molar-refractivity contribution in [3.63, 3.8) is 0 Å². The van der Waals surface area contributed by atoms with Crippen LogP contribution in [-0.4, -0.2) is 82.2 Å². The number of aryl methyl sites for hydroxylation is 1. The molecule has 1 amide bonds. The van der Waals surface area contributed by atoms with E-state index < -0.39 is 0 Å². The van der Waals surface area contributed by atoms with Crippen LogP contribution in [0, 0.1) is 18.8 Å². The molecule has 35 heavy (non-hydrogen) atoms. The number of piperidine rings is 1. The van der Waals surface area contributed by atoms with E-state index in [1.54, 1.807) is 0 Å². The summed E-state index contributed by atoms with van der Waals surface area (Å²) in [6, 6.07) is 4.03. The van der Waals surface area contributed by atoms with Gasteiger partial charge in [-0.3, -0.25) is 9.89 Å². The van der Waals surface area contributed by atoms with Crippen molar-refractivity contribution in [1.82, 2.24) is 30.0 Å². The number of aromatic amines is 1. The van der Waals surface area contributed by atoms with Gasteiger partial charge in [-0.05, 0) is 45.6 Å². The summed E-state index contributed by atoms with van der Waals surface area (Å²) >= 11 is 0. The molecule has 3 fully saturated rings. The first-order valence-corrected chi connectivity index (χ1v) is 13.4. The Balaban J connectivity index is 1.25. The molecule has 9 heteroatoms. The maximum Gasteiger partial charge on any atom is 0.225 e. The number of aromatic nitrogens is 4. The molecule has 0 bridgehead atoms. The van der Waals surface area contributed by atoms with E-state index in [1.165, 1.54) is 19.3 Å². The number of amides is 1. The molecule has 2 aromatic rings. The summed E-state index contributed by atoms with van der Waals surface area (Å²) in [5.74, 6) is 4.61. The zero-order chi connectivity index (χ0) is 24.2. The molecule has 0 aromatic carbocycles. The van der Waals surface area contributed by atoms with Crippen LogP contribution in [0.25, 0.3) is 0 Å². The van der Waals surface area contributed by atoms with Crippen molar-refractivity contribution < 1.29 is 4.79 Å². The fraction of sp³-hybridized carbons (Fsp3) is 0.692. The number of nitrogens with one attached hydrogen (secondary N) is 2. The van der Waals surface area contributed by atoms with Crippen LogP contribution in [0.5, 0.6) is 0 Å². The lowest BCUT2D eigenvalue weighted by molar-refractivity contribution is -0.138. The van der Waals surface area contributed by atoms with E-state index in [2.05, 4.69) is 37.3 Å². The first-order valence-electron chi connectivity index (χ1n) is 13.4. The molecule has 2 saturated heterocycles. The second-order valence-corrected chi connectivity index (χ2v) is 10.7. The lowest BCUT2D eigenvalue weighted by atomic mass is 9.87. The van der Waals surface area contributed by atoms with E-state index >= 15 is 0 Å². The van der Waals surface area contributed by atoms with Crippen LogP contribution in [0.15, 0.2) is 12.1 Å². The van der Waals surface area contributed by atoms with E-state index in [0.717, 1.165) is 100 Å². The number of likely N-dealkylation sites (N-methyl/N-ethyl adjacent to an activating group) is 1. The third-order valence-electron chi connectivity index (χ3n) is 7.90. The van der Waals surface area contributed by atoms with Gasteiger partial charge < -0.3 is 20.0 Å². The van der Waals surface area contributed by atoms with Crippen LogP contribution in [0.1, 0.15) is 56.5 Å². The van der Waals surface area contributed by atoms with Crippen LogP contribution in [-0.2, 0) is 11.2 Å². The highest BCUT2D eigenvalue weighted by atomic mass is 16.2. The molecule has 4 heterocycles.